The summed E-state index contributed by atoms with van der Waals surface area (Å²) in [7, 11) is 3.98. The third kappa shape index (κ3) is 1.80. The molecular formula is C10H19NO3. The van der Waals surface area contributed by atoms with Crippen LogP contribution >= 0.6 is 0 Å². The molecule has 4 nitrogen and oxygen atoms in total. The molecule has 1 aliphatic carbocycles. The largest absolute Gasteiger partial charge is 0.391 e. The highest BCUT2D eigenvalue weighted by Gasteiger charge is 2.45. The van der Waals surface area contributed by atoms with Gasteiger partial charge in [-0.2, -0.15) is 0 Å². The summed E-state index contributed by atoms with van der Waals surface area (Å²) in [5.74, 6) is -0.395. The zero-order valence-corrected chi connectivity index (χ0v) is 8.90. The molecule has 2 rings (SSSR count). The van der Waals surface area contributed by atoms with Crippen molar-refractivity contribution in [1.29, 1.82) is 0 Å². The Labute approximate surface area is 84.8 Å². The van der Waals surface area contributed by atoms with E-state index < -0.39 is 5.79 Å². The van der Waals surface area contributed by atoms with Crippen LogP contribution in [0.5, 0.6) is 0 Å². The molecule has 0 aromatic heterocycles. The molecule has 2 atom stereocenters. The fraction of sp³-hybridized carbons (Fsp3) is 1.00. The zero-order chi connectivity index (χ0) is 10.2. The number of hydrogen-bond acceptors (Lipinski definition) is 4. The van der Waals surface area contributed by atoms with Crippen LogP contribution in [0, 0.1) is 0 Å². The van der Waals surface area contributed by atoms with Crippen LogP contribution in [0.4, 0.5) is 0 Å². The maximum Gasteiger partial charge on any atom is 0.170 e. The molecule has 0 unspecified atom stereocenters. The zero-order valence-electron chi connectivity index (χ0n) is 8.90. The highest BCUT2D eigenvalue weighted by atomic mass is 16.7. The third-order valence-corrected chi connectivity index (χ3v) is 3.26. The van der Waals surface area contributed by atoms with Gasteiger partial charge in [0, 0.05) is 18.9 Å². The molecule has 1 spiro atoms. The van der Waals surface area contributed by atoms with E-state index in [0.717, 1.165) is 19.3 Å². The smallest absolute Gasteiger partial charge is 0.170 e. The van der Waals surface area contributed by atoms with Gasteiger partial charge >= 0.3 is 0 Å². The van der Waals surface area contributed by atoms with Crippen molar-refractivity contribution in [3.05, 3.63) is 0 Å². The fourth-order valence-corrected chi connectivity index (χ4v) is 2.40. The number of aliphatic hydroxyl groups is 1. The number of hydrogen-bond donors (Lipinski definition) is 1. The van der Waals surface area contributed by atoms with Crippen LogP contribution in [0.2, 0.25) is 0 Å². The molecule has 0 aromatic rings. The van der Waals surface area contributed by atoms with Crippen molar-refractivity contribution in [2.75, 3.05) is 27.3 Å². The van der Waals surface area contributed by atoms with E-state index >= 15 is 0 Å². The van der Waals surface area contributed by atoms with E-state index in [1.54, 1.807) is 0 Å². The molecule has 0 bridgehead atoms. The summed E-state index contributed by atoms with van der Waals surface area (Å²) in [5.41, 5.74) is 0. The summed E-state index contributed by atoms with van der Waals surface area (Å²) in [6.45, 7) is 1.38. The van der Waals surface area contributed by atoms with Gasteiger partial charge < -0.3 is 19.5 Å². The number of ether oxygens (including phenoxy) is 2. The monoisotopic (exact) mass is 201 g/mol. The van der Waals surface area contributed by atoms with Crippen LogP contribution in [0.25, 0.3) is 0 Å². The van der Waals surface area contributed by atoms with Gasteiger partial charge in [-0.1, -0.05) is 0 Å². The van der Waals surface area contributed by atoms with Crippen molar-refractivity contribution in [1.82, 2.24) is 4.90 Å². The van der Waals surface area contributed by atoms with Crippen LogP contribution in [-0.4, -0.2) is 55.2 Å². The highest BCUT2D eigenvalue weighted by molar-refractivity contribution is 4.91. The lowest BCUT2D eigenvalue weighted by Gasteiger charge is -2.41. The molecule has 0 amide bonds. The molecule has 1 N–H and O–H groups in total. The van der Waals surface area contributed by atoms with Crippen LogP contribution < -0.4 is 0 Å². The van der Waals surface area contributed by atoms with E-state index in [1.165, 1.54) is 0 Å². The molecule has 0 radical (unpaired) electrons. The van der Waals surface area contributed by atoms with E-state index in [9.17, 15) is 5.11 Å². The van der Waals surface area contributed by atoms with Crippen molar-refractivity contribution >= 4 is 0 Å². The third-order valence-electron chi connectivity index (χ3n) is 3.26. The Kier molecular flexibility index (Phi) is 2.79. The summed E-state index contributed by atoms with van der Waals surface area (Å²) >= 11 is 0. The second kappa shape index (κ2) is 3.77. The molecule has 2 aliphatic rings. The van der Waals surface area contributed by atoms with E-state index in [1.807, 2.05) is 14.1 Å². The molecule has 14 heavy (non-hydrogen) atoms. The minimum absolute atomic E-state index is 0.154. The molecule has 1 saturated heterocycles. The van der Waals surface area contributed by atoms with Gasteiger partial charge in [0.1, 0.15) is 0 Å². The number of nitrogens with zero attached hydrogens (tertiary/aromatic N) is 1. The quantitative estimate of drug-likeness (QED) is 0.658. The summed E-state index contributed by atoms with van der Waals surface area (Å²) in [6, 6.07) is 0.154. The maximum absolute atomic E-state index is 9.83. The molecule has 82 valence electrons. The minimum atomic E-state index is -0.395. The van der Waals surface area contributed by atoms with Gasteiger partial charge in [0.15, 0.2) is 5.79 Å². The van der Waals surface area contributed by atoms with Gasteiger partial charge in [0.2, 0.25) is 0 Å². The molecule has 4 heteroatoms. The Bertz CT molecular complexity index is 202. The molecule has 1 heterocycles. The van der Waals surface area contributed by atoms with Crippen molar-refractivity contribution in [3.8, 4) is 0 Å². The Morgan fingerprint density at radius 3 is 2.50 bits per heavy atom. The van der Waals surface area contributed by atoms with Crippen molar-refractivity contribution in [3.63, 3.8) is 0 Å². The Morgan fingerprint density at radius 1 is 1.29 bits per heavy atom. The Balaban J connectivity index is 2.04. The van der Waals surface area contributed by atoms with Crippen molar-refractivity contribution < 1.29 is 14.6 Å². The van der Waals surface area contributed by atoms with Gasteiger partial charge in [0.25, 0.3) is 0 Å². The Hall–Kier alpha value is -0.160. The average Bonchev–Trinajstić information content (AvgIpc) is 2.58. The minimum Gasteiger partial charge on any atom is -0.391 e. The lowest BCUT2D eigenvalue weighted by molar-refractivity contribution is -0.202. The van der Waals surface area contributed by atoms with Gasteiger partial charge in [-0.15, -0.1) is 0 Å². The standard InChI is InChI=1S/C10H19NO3/c1-11(2)8-7-10(4-3-9(8)12)13-5-6-14-10/h8-9,12H,3-7H2,1-2H3/t8-,9+/m0/s1. The first kappa shape index (κ1) is 10.4. The van der Waals surface area contributed by atoms with Crippen molar-refractivity contribution in [2.24, 2.45) is 0 Å². The number of rotatable bonds is 1. The maximum atomic E-state index is 9.83. The van der Waals surface area contributed by atoms with Crippen LogP contribution in [-0.2, 0) is 9.47 Å². The van der Waals surface area contributed by atoms with Crippen LogP contribution in [0.15, 0.2) is 0 Å². The topological polar surface area (TPSA) is 41.9 Å². The van der Waals surface area contributed by atoms with Crippen molar-refractivity contribution in [2.45, 2.75) is 37.2 Å². The normalized spacial score (nSPS) is 36.9. The number of likely N-dealkylation sites (N-methyl/N-ethyl adjacent to an activating group) is 1. The average molecular weight is 201 g/mol. The van der Waals surface area contributed by atoms with Gasteiger partial charge in [-0.25, -0.2) is 0 Å². The molecule has 2 fully saturated rings. The van der Waals surface area contributed by atoms with Gasteiger partial charge in [-0.05, 0) is 20.5 Å². The van der Waals surface area contributed by atoms with Crippen LogP contribution in [0.1, 0.15) is 19.3 Å². The molecule has 0 aromatic carbocycles. The second-order valence-electron chi connectivity index (χ2n) is 4.45. The summed E-state index contributed by atoms with van der Waals surface area (Å²) in [4.78, 5) is 2.05. The summed E-state index contributed by atoms with van der Waals surface area (Å²) in [6.07, 6.45) is 2.12. The molecule has 1 aliphatic heterocycles. The van der Waals surface area contributed by atoms with E-state index in [0.29, 0.717) is 13.2 Å². The van der Waals surface area contributed by atoms with E-state index in [4.69, 9.17) is 9.47 Å². The lowest BCUT2D eigenvalue weighted by Crippen LogP contribution is -2.51. The fourth-order valence-electron chi connectivity index (χ4n) is 2.40. The Morgan fingerprint density at radius 2 is 1.93 bits per heavy atom. The first-order valence-electron chi connectivity index (χ1n) is 5.25. The second-order valence-corrected chi connectivity index (χ2v) is 4.45. The number of aliphatic hydroxyl groups excluding tert-OH is 1. The first-order valence-corrected chi connectivity index (χ1v) is 5.25. The molecule has 1 saturated carbocycles. The van der Waals surface area contributed by atoms with Gasteiger partial charge in [-0.3, -0.25) is 0 Å². The predicted molar refractivity (Wildman–Crippen MR) is 52.0 cm³/mol. The predicted octanol–water partition coefficient (Wildman–Crippen LogP) is 0.204. The van der Waals surface area contributed by atoms with E-state index in [2.05, 4.69) is 4.90 Å². The molecular weight excluding hydrogens is 182 g/mol. The van der Waals surface area contributed by atoms with Gasteiger partial charge in [0.05, 0.1) is 19.3 Å². The first-order chi connectivity index (χ1) is 6.63. The highest BCUT2D eigenvalue weighted by Crippen LogP contribution is 2.37. The van der Waals surface area contributed by atoms with Crippen LogP contribution in [0.3, 0.4) is 0 Å². The summed E-state index contributed by atoms with van der Waals surface area (Å²) in [5, 5.41) is 9.83. The summed E-state index contributed by atoms with van der Waals surface area (Å²) < 4.78 is 11.3. The van der Waals surface area contributed by atoms with E-state index in [-0.39, 0.29) is 12.1 Å². The SMILES string of the molecule is CN(C)[C@H]1CC2(CC[C@H]1O)OCCO2. The lowest BCUT2D eigenvalue weighted by atomic mass is 9.87.